The lowest BCUT2D eigenvalue weighted by Crippen LogP contribution is -2.20. The molecular weight excluding hydrogens is 560 g/mol. The Morgan fingerprint density at radius 3 is 2.21 bits per heavy atom. The molecule has 0 radical (unpaired) electrons. The van der Waals surface area contributed by atoms with E-state index < -0.39 is 0 Å². The molecule has 0 spiro atoms. The molecule has 0 aliphatic rings. The van der Waals surface area contributed by atoms with Crippen LogP contribution in [0.5, 0.6) is 17.2 Å². The van der Waals surface area contributed by atoms with Crippen LogP contribution in [-0.2, 0) is 4.79 Å². The molecule has 5 nitrogen and oxygen atoms in total. The highest BCUT2D eigenvalue weighted by atomic mass is 79.9. The first kappa shape index (κ1) is 23.7. The zero-order valence-corrected chi connectivity index (χ0v) is 21.1. The number of aliphatic imine (C=N–C) groups is 1. The fourth-order valence-electron chi connectivity index (χ4n) is 3.05. The van der Waals surface area contributed by atoms with Gasteiger partial charge >= 0.3 is 0 Å². The van der Waals surface area contributed by atoms with Gasteiger partial charge in [-0.15, -0.1) is 0 Å². The number of carbonyl (C=O) groups is 1. The average molecular weight is 580 g/mol. The summed E-state index contributed by atoms with van der Waals surface area (Å²) in [7, 11) is 0. The lowest BCUT2D eigenvalue weighted by atomic mass is 10.2. The van der Waals surface area contributed by atoms with Crippen molar-refractivity contribution in [3.8, 4) is 17.2 Å². The summed E-state index contributed by atoms with van der Waals surface area (Å²) in [6.45, 7) is -0.137. The summed E-state index contributed by atoms with van der Waals surface area (Å²) in [5, 5.41) is 2.81. The van der Waals surface area contributed by atoms with Crippen molar-refractivity contribution in [3.63, 3.8) is 0 Å². The molecule has 4 rings (SSSR count). The van der Waals surface area contributed by atoms with Gasteiger partial charge in [-0.25, -0.2) is 0 Å². The van der Waals surface area contributed by atoms with Crippen LogP contribution in [0.25, 0.3) is 0 Å². The first-order valence-corrected chi connectivity index (χ1v) is 12.0. The van der Waals surface area contributed by atoms with Gasteiger partial charge in [0.25, 0.3) is 5.91 Å². The second kappa shape index (κ2) is 11.6. The third-order valence-electron chi connectivity index (χ3n) is 4.61. The Labute approximate surface area is 214 Å². The van der Waals surface area contributed by atoms with E-state index >= 15 is 0 Å². The second-order valence-corrected chi connectivity index (χ2v) is 8.95. The molecule has 0 unspecified atom stereocenters. The van der Waals surface area contributed by atoms with Crippen molar-refractivity contribution >= 4 is 55.4 Å². The lowest BCUT2D eigenvalue weighted by Gasteiger charge is -2.12. The maximum absolute atomic E-state index is 12.3. The fourth-order valence-corrected chi connectivity index (χ4v) is 4.43. The number of nitrogens with zero attached hydrogens (tertiary/aromatic N) is 1. The Morgan fingerprint density at radius 1 is 0.853 bits per heavy atom. The second-order valence-electron chi connectivity index (χ2n) is 7.18. The van der Waals surface area contributed by atoms with Crippen molar-refractivity contribution in [3.05, 3.63) is 112 Å². The van der Waals surface area contributed by atoms with E-state index in [0.717, 1.165) is 27.2 Å². The maximum Gasteiger partial charge on any atom is 0.262 e. The smallest absolute Gasteiger partial charge is 0.262 e. The molecule has 0 bridgehead atoms. The van der Waals surface area contributed by atoms with Crippen molar-refractivity contribution in [1.29, 1.82) is 0 Å². The molecule has 0 aliphatic heterocycles. The number of halogens is 2. The first-order valence-electron chi connectivity index (χ1n) is 10.4. The molecular formula is C27H20Br2N2O3. The third kappa shape index (κ3) is 6.79. The molecule has 7 heteroatoms. The monoisotopic (exact) mass is 578 g/mol. The lowest BCUT2D eigenvalue weighted by molar-refractivity contribution is -0.118. The number of benzene rings is 4. The summed E-state index contributed by atoms with van der Waals surface area (Å²) < 4.78 is 13.2. The number of hydrogen-bond acceptors (Lipinski definition) is 4. The van der Waals surface area contributed by atoms with Crippen LogP contribution in [0.1, 0.15) is 5.56 Å². The summed E-state index contributed by atoms with van der Waals surface area (Å²) in [5.41, 5.74) is 2.19. The van der Waals surface area contributed by atoms with E-state index in [9.17, 15) is 4.79 Å². The minimum atomic E-state index is -0.252. The van der Waals surface area contributed by atoms with Gasteiger partial charge in [0.05, 0.1) is 10.2 Å². The number of nitrogens with one attached hydrogen (secondary N) is 1. The maximum atomic E-state index is 12.3. The van der Waals surface area contributed by atoms with E-state index in [1.54, 1.807) is 6.21 Å². The molecule has 170 valence electrons. The van der Waals surface area contributed by atoms with Crippen LogP contribution in [-0.4, -0.2) is 18.7 Å². The van der Waals surface area contributed by atoms with Crippen LogP contribution >= 0.6 is 31.9 Å². The van der Waals surface area contributed by atoms with Crippen molar-refractivity contribution in [2.45, 2.75) is 0 Å². The standard InChI is InChI=1S/C27H20Br2N2O3/c28-20-15-19(17-30-21-11-13-24(14-12-21)34-23-9-5-2-6-10-23)27(25(29)16-20)33-18-26(32)31-22-7-3-1-4-8-22/h1-17H,18H2,(H,31,32). The first-order chi connectivity index (χ1) is 16.6. The van der Waals surface area contributed by atoms with Gasteiger partial charge in [0.2, 0.25) is 0 Å². The van der Waals surface area contributed by atoms with E-state index in [1.165, 1.54) is 0 Å². The van der Waals surface area contributed by atoms with Crippen LogP contribution < -0.4 is 14.8 Å². The summed E-state index contributed by atoms with van der Waals surface area (Å²) in [5.74, 6) is 1.77. The van der Waals surface area contributed by atoms with Crippen LogP contribution in [0.2, 0.25) is 0 Å². The van der Waals surface area contributed by atoms with E-state index in [4.69, 9.17) is 9.47 Å². The van der Waals surface area contributed by atoms with Gasteiger partial charge in [0, 0.05) is 21.9 Å². The van der Waals surface area contributed by atoms with E-state index in [-0.39, 0.29) is 12.5 Å². The van der Waals surface area contributed by atoms with Crippen molar-refractivity contribution in [1.82, 2.24) is 0 Å². The Morgan fingerprint density at radius 2 is 1.50 bits per heavy atom. The van der Waals surface area contributed by atoms with Gasteiger partial charge in [-0.3, -0.25) is 9.79 Å². The molecule has 0 heterocycles. The topological polar surface area (TPSA) is 59.9 Å². The van der Waals surface area contributed by atoms with Crippen molar-refractivity contribution in [2.75, 3.05) is 11.9 Å². The highest BCUT2D eigenvalue weighted by Gasteiger charge is 2.12. The highest BCUT2D eigenvalue weighted by molar-refractivity contribution is 9.11. The van der Waals surface area contributed by atoms with Crippen LogP contribution in [0.4, 0.5) is 11.4 Å². The molecule has 0 aromatic heterocycles. The number of rotatable bonds is 8. The zero-order valence-electron chi connectivity index (χ0n) is 17.9. The van der Waals surface area contributed by atoms with Crippen LogP contribution in [0.3, 0.4) is 0 Å². The predicted molar refractivity (Wildman–Crippen MR) is 143 cm³/mol. The summed E-state index contributed by atoms with van der Waals surface area (Å²) in [4.78, 5) is 16.9. The number of anilines is 1. The molecule has 0 saturated carbocycles. The predicted octanol–water partition coefficient (Wildman–Crippen LogP) is 7.77. The minimum absolute atomic E-state index is 0.137. The average Bonchev–Trinajstić information content (AvgIpc) is 2.84. The minimum Gasteiger partial charge on any atom is -0.482 e. The molecule has 34 heavy (non-hydrogen) atoms. The number of carbonyl (C=O) groups excluding carboxylic acids is 1. The van der Waals surface area contributed by atoms with Gasteiger partial charge < -0.3 is 14.8 Å². The molecule has 0 saturated heterocycles. The van der Waals surface area contributed by atoms with Gasteiger partial charge in [-0.05, 0) is 76.6 Å². The normalized spacial score (nSPS) is 10.8. The van der Waals surface area contributed by atoms with Gasteiger partial charge in [0.15, 0.2) is 6.61 Å². The van der Waals surface area contributed by atoms with Crippen LogP contribution in [0, 0.1) is 0 Å². The molecule has 0 aliphatic carbocycles. The Balaban J connectivity index is 1.44. The Hall–Kier alpha value is -3.42. The molecule has 0 atom stereocenters. The molecule has 1 amide bonds. The number of hydrogen-bond donors (Lipinski definition) is 1. The molecule has 4 aromatic carbocycles. The summed E-state index contributed by atoms with van der Waals surface area (Å²) in [6.07, 6.45) is 1.70. The van der Waals surface area contributed by atoms with Crippen LogP contribution in [0.15, 0.2) is 111 Å². The molecule has 4 aromatic rings. The van der Waals surface area contributed by atoms with Gasteiger partial charge in [-0.1, -0.05) is 52.3 Å². The zero-order chi connectivity index (χ0) is 23.8. The van der Waals surface area contributed by atoms with E-state index in [0.29, 0.717) is 15.9 Å². The largest absolute Gasteiger partial charge is 0.482 e. The van der Waals surface area contributed by atoms with E-state index in [1.807, 2.05) is 97.1 Å². The number of para-hydroxylation sites is 2. The summed E-state index contributed by atoms with van der Waals surface area (Å²) in [6, 6.07) is 30.1. The Kier molecular flexibility index (Phi) is 8.12. The molecule has 0 fully saturated rings. The van der Waals surface area contributed by atoms with E-state index in [2.05, 4.69) is 42.2 Å². The SMILES string of the molecule is O=C(COc1c(Br)cc(Br)cc1C=Nc1ccc(Oc2ccccc2)cc1)Nc1ccccc1. The fraction of sp³-hybridized carbons (Fsp3) is 0.0370. The van der Waals surface area contributed by atoms with Gasteiger partial charge in [-0.2, -0.15) is 0 Å². The van der Waals surface area contributed by atoms with Gasteiger partial charge in [0.1, 0.15) is 17.2 Å². The quantitative estimate of drug-likeness (QED) is 0.217. The van der Waals surface area contributed by atoms with Crippen molar-refractivity contribution < 1.29 is 14.3 Å². The Bertz CT molecular complexity index is 1280. The van der Waals surface area contributed by atoms with Crippen molar-refractivity contribution in [2.24, 2.45) is 4.99 Å². The number of ether oxygens (including phenoxy) is 2. The third-order valence-corrected chi connectivity index (χ3v) is 5.66. The summed E-state index contributed by atoms with van der Waals surface area (Å²) >= 11 is 7.01. The highest BCUT2D eigenvalue weighted by Crippen LogP contribution is 2.33. The molecule has 1 N–H and O–H groups in total. The number of amides is 1.